The summed E-state index contributed by atoms with van der Waals surface area (Å²) in [6.45, 7) is 0. The molecule has 2 aromatic rings. The van der Waals surface area contributed by atoms with Gasteiger partial charge in [-0.05, 0) is 12.1 Å². The molecule has 92 valence electrons. The summed E-state index contributed by atoms with van der Waals surface area (Å²) in [6, 6.07) is 6.59. The van der Waals surface area contributed by atoms with Crippen molar-refractivity contribution in [2.24, 2.45) is 7.05 Å². The molecule has 0 aliphatic carbocycles. The highest BCUT2D eigenvalue weighted by atomic mass is 79.9. The van der Waals surface area contributed by atoms with Crippen LogP contribution in [0.3, 0.4) is 0 Å². The Hall–Kier alpha value is -1.14. The van der Waals surface area contributed by atoms with Crippen LogP contribution in [0.1, 0.15) is 1.43 Å². The van der Waals surface area contributed by atoms with Gasteiger partial charge in [0, 0.05) is 41.9 Å². The largest absolute Gasteiger partial charge is 0.329 e. The summed E-state index contributed by atoms with van der Waals surface area (Å²) >= 11 is 6.32. The van der Waals surface area contributed by atoms with E-state index in [1.807, 2.05) is 6.07 Å². The van der Waals surface area contributed by atoms with Crippen molar-refractivity contribution in [2.75, 3.05) is 0 Å². The molecular weight excluding hydrogens is 352 g/mol. The summed E-state index contributed by atoms with van der Waals surface area (Å²) in [5.74, 6) is 0. The number of aromatic nitrogens is 2. The molecule has 0 radical (unpaired) electrons. The first-order valence-electron chi connectivity index (χ1n) is 4.65. The Morgan fingerprint density at radius 3 is 2.24 bits per heavy atom. The Morgan fingerprint density at radius 1 is 1.18 bits per heavy atom. The van der Waals surface area contributed by atoms with Gasteiger partial charge >= 0.3 is 0 Å². The number of nitrogens with one attached hydrogen (secondary N) is 1. The van der Waals surface area contributed by atoms with Crippen molar-refractivity contribution in [1.82, 2.24) is 9.55 Å². The van der Waals surface area contributed by atoms with E-state index in [1.54, 1.807) is 25.5 Å². The van der Waals surface area contributed by atoms with Gasteiger partial charge in [0.15, 0.2) is 0 Å². The van der Waals surface area contributed by atoms with Gasteiger partial charge < -0.3 is 9.55 Å². The SMILES string of the molecule is Cn1ccc(Br)cc1=O.O=c1cc(Br)cc[nH]1.[HH]. The van der Waals surface area contributed by atoms with Crippen LogP contribution in [-0.2, 0) is 7.05 Å². The van der Waals surface area contributed by atoms with Gasteiger partial charge in [-0.15, -0.1) is 0 Å². The lowest BCUT2D eigenvalue weighted by atomic mass is 10.5. The van der Waals surface area contributed by atoms with E-state index in [2.05, 4.69) is 36.8 Å². The minimum absolute atomic E-state index is 0. The predicted molar refractivity (Wildman–Crippen MR) is 76.3 cm³/mol. The Labute approximate surface area is 116 Å². The Kier molecular flexibility index (Phi) is 5.37. The summed E-state index contributed by atoms with van der Waals surface area (Å²) in [4.78, 5) is 23.7. The molecule has 2 rings (SSSR count). The molecule has 0 aliphatic rings. The van der Waals surface area contributed by atoms with Crippen molar-refractivity contribution >= 4 is 31.9 Å². The van der Waals surface area contributed by atoms with E-state index in [0.29, 0.717) is 0 Å². The molecule has 0 bridgehead atoms. The topological polar surface area (TPSA) is 54.9 Å². The lowest BCUT2D eigenvalue weighted by Crippen LogP contribution is -2.13. The van der Waals surface area contributed by atoms with Crippen LogP contribution < -0.4 is 11.1 Å². The summed E-state index contributed by atoms with van der Waals surface area (Å²) in [7, 11) is 1.72. The van der Waals surface area contributed by atoms with E-state index >= 15 is 0 Å². The van der Waals surface area contributed by atoms with Crippen LogP contribution in [0.15, 0.2) is 55.2 Å². The Morgan fingerprint density at radius 2 is 1.82 bits per heavy atom. The van der Waals surface area contributed by atoms with Crippen molar-refractivity contribution < 1.29 is 1.43 Å². The summed E-state index contributed by atoms with van der Waals surface area (Å²) in [6.07, 6.45) is 3.30. The van der Waals surface area contributed by atoms with Crippen molar-refractivity contribution in [3.8, 4) is 0 Å². The van der Waals surface area contributed by atoms with Gasteiger partial charge in [-0.3, -0.25) is 9.59 Å². The van der Waals surface area contributed by atoms with Crippen LogP contribution in [0.2, 0.25) is 0 Å². The molecule has 0 fully saturated rings. The summed E-state index contributed by atoms with van der Waals surface area (Å²) < 4.78 is 3.15. The van der Waals surface area contributed by atoms with E-state index in [9.17, 15) is 9.59 Å². The van der Waals surface area contributed by atoms with Crippen molar-refractivity contribution in [3.63, 3.8) is 0 Å². The number of H-pyrrole nitrogens is 1. The Balaban J connectivity index is 0.000000306. The van der Waals surface area contributed by atoms with E-state index < -0.39 is 0 Å². The number of halogens is 2. The molecule has 4 nitrogen and oxygen atoms in total. The standard InChI is InChI=1S/C6H6BrNO.C5H4BrNO.H2/c1-8-3-2-5(7)4-6(8)9;6-4-1-2-7-5(8)3-4;/h2-4H,1H3;1-3H,(H,7,8);1H. The van der Waals surface area contributed by atoms with Gasteiger partial charge in [0.05, 0.1) is 0 Å². The Bertz CT molecular complexity index is 610. The maximum Gasteiger partial charge on any atom is 0.251 e. The van der Waals surface area contributed by atoms with E-state index in [4.69, 9.17) is 0 Å². The van der Waals surface area contributed by atoms with E-state index in [1.165, 1.54) is 16.7 Å². The quantitative estimate of drug-likeness (QED) is 0.781. The highest BCUT2D eigenvalue weighted by Gasteiger charge is 1.88. The number of hydrogen-bond donors (Lipinski definition) is 1. The van der Waals surface area contributed by atoms with Gasteiger partial charge in [-0.1, -0.05) is 31.9 Å². The number of aromatic amines is 1. The highest BCUT2D eigenvalue weighted by Crippen LogP contribution is 2.02. The maximum absolute atomic E-state index is 10.8. The van der Waals surface area contributed by atoms with Crippen LogP contribution in [0, 0.1) is 0 Å². The molecule has 0 spiro atoms. The molecule has 6 heteroatoms. The maximum atomic E-state index is 10.8. The molecule has 0 aromatic carbocycles. The molecule has 0 aliphatic heterocycles. The van der Waals surface area contributed by atoms with E-state index in [0.717, 1.165) is 8.95 Å². The average Bonchev–Trinajstić information content (AvgIpc) is 2.24. The molecule has 0 saturated carbocycles. The minimum Gasteiger partial charge on any atom is -0.329 e. The third-order valence-electron chi connectivity index (χ3n) is 1.80. The molecule has 0 atom stereocenters. The van der Waals surface area contributed by atoms with Gasteiger partial charge in [0.2, 0.25) is 5.56 Å². The second kappa shape index (κ2) is 6.56. The second-order valence-corrected chi connectivity index (χ2v) is 5.00. The third-order valence-corrected chi connectivity index (χ3v) is 2.79. The molecule has 0 amide bonds. The van der Waals surface area contributed by atoms with Crippen molar-refractivity contribution in [1.29, 1.82) is 0 Å². The fourth-order valence-electron chi connectivity index (χ4n) is 0.943. The lowest BCUT2D eigenvalue weighted by molar-refractivity contribution is 0.858. The van der Waals surface area contributed by atoms with Gasteiger partial charge in [-0.25, -0.2) is 0 Å². The summed E-state index contributed by atoms with van der Waals surface area (Å²) in [5, 5.41) is 0. The van der Waals surface area contributed by atoms with Gasteiger partial charge in [0.25, 0.3) is 5.56 Å². The molecule has 0 saturated heterocycles. The zero-order valence-corrected chi connectivity index (χ0v) is 12.2. The van der Waals surface area contributed by atoms with Crippen molar-refractivity contribution in [2.45, 2.75) is 0 Å². The number of pyridine rings is 2. The van der Waals surface area contributed by atoms with Crippen LogP contribution in [-0.4, -0.2) is 9.55 Å². The first-order chi connectivity index (χ1) is 7.99. The second-order valence-electron chi connectivity index (χ2n) is 3.17. The van der Waals surface area contributed by atoms with Crippen LogP contribution in [0.25, 0.3) is 0 Å². The zero-order chi connectivity index (χ0) is 12.8. The molecule has 2 heterocycles. The number of rotatable bonds is 0. The minimum atomic E-state index is -0.0839. The number of hydrogen-bond acceptors (Lipinski definition) is 2. The first kappa shape index (κ1) is 13.9. The monoisotopic (exact) mass is 362 g/mol. The number of nitrogens with zero attached hydrogens (tertiary/aromatic N) is 1. The van der Waals surface area contributed by atoms with Gasteiger partial charge in [0.1, 0.15) is 0 Å². The predicted octanol–water partition coefficient (Wildman–Crippen LogP) is 2.53. The van der Waals surface area contributed by atoms with Crippen LogP contribution in [0.5, 0.6) is 0 Å². The average molecular weight is 364 g/mol. The fourth-order valence-corrected chi connectivity index (χ4v) is 1.60. The van der Waals surface area contributed by atoms with Gasteiger partial charge in [-0.2, -0.15) is 0 Å². The van der Waals surface area contributed by atoms with Crippen molar-refractivity contribution in [3.05, 3.63) is 66.3 Å². The molecule has 0 unspecified atom stereocenters. The smallest absolute Gasteiger partial charge is 0.251 e. The third kappa shape index (κ3) is 5.14. The van der Waals surface area contributed by atoms with E-state index in [-0.39, 0.29) is 12.5 Å². The van der Waals surface area contributed by atoms with Crippen LogP contribution >= 0.6 is 31.9 Å². The first-order valence-corrected chi connectivity index (χ1v) is 6.24. The molecular formula is C11H12Br2N2O2. The zero-order valence-electron chi connectivity index (χ0n) is 8.98. The summed E-state index contributed by atoms with van der Waals surface area (Å²) in [5.41, 5.74) is -0.0799. The highest BCUT2D eigenvalue weighted by molar-refractivity contribution is 9.10. The molecule has 2 aromatic heterocycles. The normalized spacial score (nSPS) is 9.35. The number of aryl methyl sites for hydroxylation is 1. The molecule has 17 heavy (non-hydrogen) atoms. The van der Waals surface area contributed by atoms with Crippen LogP contribution in [0.4, 0.5) is 0 Å². The lowest BCUT2D eigenvalue weighted by Gasteiger charge is -1.92. The fraction of sp³-hybridized carbons (Fsp3) is 0.0909. The molecule has 1 N–H and O–H groups in total.